The summed E-state index contributed by atoms with van der Waals surface area (Å²) in [5.41, 5.74) is 2.15. The van der Waals surface area contributed by atoms with Crippen LogP contribution in [0.5, 0.6) is 17.2 Å². The Bertz CT molecular complexity index is 1130. The van der Waals surface area contributed by atoms with Gasteiger partial charge in [0, 0.05) is 11.6 Å². The number of rotatable bonds is 3. The van der Waals surface area contributed by atoms with Gasteiger partial charge in [-0.15, -0.1) is 13.2 Å². The van der Waals surface area contributed by atoms with Crippen LogP contribution in [0, 0.1) is 0 Å². The van der Waals surface area contributed by atoms with Crippen molar-refractivity contribution in [2.45, 2.75) is 6.36 Å². The first-order valence-electron chi connectivity index (χ1n) is 8.41. The van der Waals surface area contributed by atoms with Crippen molar-refractivity contribution in [3.63, 3.8) is 0 Å². The minimum Gasteiger partial charge on any atom is -0.454 e. The molecule has 3 aromatic rings. The maximum Gasteiger partial charge on any atom is 0.573 e. The highest BCUT2D eigenvalue weighted by Crippen LogP contribution is 2.39. The lowest BCUT2D eigenvalue weighted by Gasteiger charge is -2.12. The molecule has 1 heterocycles. The molecule has 5 nitrogen and oxygen atoms in total. The quantitative estimate of drug-likeness (QED) is 0.597. The Kier molecular flexibility index (Phi) is 4.46. The molecule has 0 fully saturated rings. The molecule has 3 aromatic carbocycles. The number of halogens is 3. The van der Waals surface area contributed by atoms with Gasteiger partial charge in [0.15, 0.2) is 5.75 Å². The number of aldehydes is 1. The normalized spacial score (nSPS) is 12.7. The Morgan fingerprint density at radius 2 is 1.69 bits per heavy atom. The Balaban J connectivity index is 1.69. The van der Waals surface area contributed by atoms with Gasteiger partial charge in [0.2, 0.25) is 0 Å². The first-order chi connectivity index (χ1) is 13.8. The molecule has 1 aliphatic heterocycles. The minimum absolute atomic E-state index is 0.0532. The van der Waals surface area contributed by atoms with E-state index in [1.54, 1.807) is 42.5 Å². The molecular formula is C21H12F3NO4. The fourth-order valence-corrected chi connectivity index (χ4v) is 2.97. The highest BCUT2D eigenvalue weighted by atomic mass is 19.4. The molecule has 1 aliphatic rings. The molecule has 1 N–H and O–H groups in total. The lowest BCUT2D eigenvalue weighted by molar-refractivity contribution is -0.274. The monoisotopic (exact) mass is 399 g/mol. The smallest absolute Gasteiger partial charge is 0.454 e. The first-order valence-corrected chi connectivity index (χ1v) is 8.41. The number of ether oxygens (including phenoxy) is 2. The molecule has 0 atom stereocenters. The van der Waals surface area contributed by atoms with Crippen LogP contribution in [0.4, 0.5) is 18.9 Å². The van der Waals surface area contributed by atoms with Gasteiger partial charge >= 0.3 is 6.36 Å². The van der Waals surface area contributed by atoms with E-state index in [4.69, 9.17) is 4.74 Å². The second-order valence-electron chi connectivity index (χ2n) is 6.22. The maximum atomic E-state index is 12.7. The summed E-state index contributed by atoms with van der Waals surface area (Å²) in [5.74, 6) is -0.586. The Morgan fingerprint density at radius 1 is 0.931 bits per heavy atom. The third kappa shape index (κ3) is 3.91. The van der Waals surface area contributed by atoms with E-state index in [2.05, 4.69) is 10.1 Å². The summed E-state index contributed by atoms with van der Waals surface area (Å²) in [4.78, 5) is 23.7. The minimum atomic E-state index is -4.85. The maximum absolute atomic E-state index is 12.7. The van der Waals surface area contributed by atoms with E-state index >= 15 is 0 Å². The van der Waals surface area contributed by atoms with Crippen LogP contribution in [0.2, 0.25) is 0 Å². The number of anilines is 1. The number of amides is 1. The molecule has 0 aliphatic carbocycles. The third-order valence-electron chi connectivity index (χ3n) is 4.23. The summed E-state index contributed by atoms with van der Waals surface area (Å²) >= 11 is 0. The van der Waals surface area contributed by atoms with Crippen molar-refractivity contribution in [3.05, 3.63) is 71.8 Å². The number of fused-ring (bicyclic) bond motifs is 2. The molecule has 0 radical (unpaired) electrons. The third-order valence-corrected chi connectivity index (χ3v) is 4.23. The van der Waals surface area contributed by atoms with Gasteiger partial charge in [-0.25, -0.2) is 0 Å². The zero-order chi connectivity index (χ0) is 20.6. The van der Waals surface area contributed by atoms with Gasteiger partial charge < -0.3 is 14.8 Å². The van der Waals surface area contributed by atoms with Crippen molar-refractivity contribution in [1.29, 1.82) is 0 Å². The lowest BCUT2D eigenvalue weighted by Crippen LogP contribution is -2.17. The van der Waals surface area contributed by atoms with Crippen LogP contribution < -0.4 is 14.8 Å². The highest BCUT2D eigenvalue weighted by molar-refractivity contribution is 6.08. The van der Waals surface area contributed by atoms with E-state index in [9.17, 15) is 22.8 Å². The molecule has 1 amide bonds. The summed E-state index contributed by atoms with van der Waals surface area (Å²) in [6.45, 7) is 0. The van der Waals surface area contributed by atoms with Crippen molar-refractivity contribution in [3.8, 4) is 28.4 Å². The first kappa shape index (κ1) is 18.5. The summed E-state index contributed by atoms with van der Waals surface area (Å²) in [5, 5.41) is 2.54. The molecule has 0 aromatic heterocycles. The average molecular weight is 399 g/mol. The molecule has 8 heteroatoms. The van der Waals surface area contributed by atoms with Gasteiger partial charge in [-0.3, -0.25) is 9.59 Å². The summed E-state index contributed by atoms with van der Waals surface area (Å²) in [7, 11) is 0. The van der Waals surface area contributed by atoms with Crippen molar-refractivity contribution < 1.29 is 32.2 Å². The summed E-state index contributed by atoms with van der Waals surface area (Å²) in [6, 6.07) is 15.2. The number of carbonyl (C=O) groups is 2. The Morgan fingerprint density at radius 3 is 2.45 bits per heavy atom. The molecule has 0 spiro atoms. The highest BCUT2D eigenvalue weighted by Gasteiger charge is 2.32. The van der Waals surface area contributed by atoms with E-state index in [-0.39, 0.29) is 22.7 Å². The van der Waals surface area contributed by atoms with E-state index in [1.165, 1.54) is 6.07 Å². The predicted molar refractivity (Wildman–Crippen MR) is 98.4 cm³/mol. The van der Waals surface area contributed by atoms with Gasteiger partial charge in [0.1, 0.15) is 17.8 Å². The van der Waals surface area contributed by atoms with E-state index < -0.39 is 18.0 Å². The predicted octanol–water partition coefficient (Wildman–Crippen LogP) is 5.42. The zero-order valence-corrected chi connectivity index (χ0v) is 14.6. The van der Waals surface area contributed by atoms with Crippen LogP contribution >= 0.6 is 0 Å². The van der Waals surface area contributed by atoms with Gasteiger partial charge in [-0.05, 0) is 41.5 Å². The molecule has 0 bridgehead atoms. The average Bonchev–Trinajstić information content (AvgIpc) is 2.82. The molecule has 146 valence electrons. The number of hydrogen-bond acceptors (Lipinski definition) is 4. The van der Waals surface area contributed by atoms with Gasteiger partial charge in [-0.2, -0.15) is 0 Å². The van der Waals surface area contributed by atoms with Crippen molar-refractivity contribution in [1.82, 2.24) is 0 Å². The van der Waals surface area contributed by atoms with Crippen molar-refractivity contribution in [2.24, 2.45) is 0 Å². The standard InChI is InChI=1S/C21H12F3NO4/c22-21(23,24)29-15-5-7-19-17(10-15)25-20(27)16-9-14(4-6-18(16)28-19)13-3-1-2-12(8-13)11-26/h1-11H,(H,25,27). The van der Waals surface area contributed by atoms with E-state index in [1.807, 2.05) is 0 Å². The number of benzene rings is 3. The van der Waals surface area contributed by atoms with Gasteiger partial charge in [0.05, 0.1) is 11.3 Å². The molecule has 4 rings (SSSR count). The largest absolute Gasteiger partial charge is 0.573 e. The summed E-state index contributed by atoms with van der Waals surface area (Å²) < 4.78 is 46.9. The number of hydrogen-bond donors (Lipinski definition) is 1. The van der Waals surface area contributed by atoms with Crippen LogP contribution in [-0.2, 0) is 0 Å². The van der Waals surface area contributed by atoms with E-state index in [0.717, 1.165) is 24.0 Å². The SMILES string of the molecule is O=Cc1cccc(-c2ccc3c(c2)C(=O)Nc2cc(OC(F)(F)F)ccc2O3)c1. The van der Waals surface area contributed by atoms with Crippen LogP contribution in [0.1, 0.15) is 20.7 Å². The van der Waals surface area contributed by atoms with Crippen LogP contribution in [-0.4, -0.2) is 18.6 Å². The van der Waals surface area contributed by atoms with Crippen LogP contribution in [0.15, 0.2) is 60.7 Å². The zero-order valence-electron chi connectivity index (χ0n) is 14.6. The second-order valence-corrected chi connectivity index (χ2v) is 6.22. The van der Waals surface area contributed by atoms with Crippen molar-refractivity contribution in [2.75, 3.05) is 5.32 Å². The van der Waals surface area contributed by atoms with Gasteiger partial charge in [-0.1, -0.05) is 24.3 Å². The molecular weight excluding hydrogens is 387 g/mol. The van der Waals surface area contributed by atoms with E-state index in [0.29, 0.717) is 11.1 Å². The fourth-order valence-electron chi connectivity index (χ4n) is 2.97. The van der Waals surface area contributed by atoms with Gasteiger partial charge in [0.25, 0.3) is 5.91 Å². The molecule has 29 heavy (non-hydrogen) atoms. The Hall–Kier alpha value is -3.81. The topological polar surface area (TPSA) is 64.6 Å². The fraction of sp³-hybridized carbons (Fsp3) is 0.0476. The Labute approximate surface area is 162 Å². The van der Waals surface area contributed by atoms with Crippen LogP contribution in [0.3, 0.4) is 0 Å². The second kappa shape index (κ2) is 6.97. The summed E-state index contributed by atoms with van der Waals surface area (Å²) in [6.07, 6.45) is -4.13. The lowest BCUT2D eigenvalue weighted by atomic mass is 10.0. The number of alkyl halides is 3. The molecule has 0 unspecified atom stereocenters. The molecule has 0 saturated carbocycles. The number of nitrogens with one attached hydrogen (secondary N) is 1. The van der Waals surface area contributed by atoms with Crippen molar-refractivity contribution >= 4 is 17.9 Å². The molecule has 0 saturated heterocycles. The number of carbonyl (C=O) groups excluding carboxylic acids is 2. The van der Waals surface area contributed by atoms with Crippen LogP contribution in [0.25, 0.3) is 11.1 Å².